The van der Waals surface area contributed by atoms with Crippen LogP contribution in [0.1, 0.15) is 37.6 Å². The standard InChI is InChI=1S/C17H23N3O/c1-10-6-11(2)12(3)20(9-10)17(21)15-8-19-16-5-4-13(18)7-14(15)16/h4-5,7-8,10-12,19H,6,9,18H2,1-3H3. The molecule has 1 aliphatic rings. The topological polar surface area (TPSA) is 62.1 Å². The van der Waals surface area contributed by atoms with Crippen LogP contribution < -0.4 is 5.73 Å². The van der Waals surface area contributed by atoms with Gasteiger partial charge in [0.15, 0.2) is 0 Å². The van der Waals surface area contributed by atoms with Gasteiger partial charge in [-0.25, -0.2) is 0 Å². The van der Waals surface area contributed by atoms with Crippen molar-refractivity contribution in [1.29, 1.82) is 0 Å². The van der Waals surface area contributed by atoms with Crippen molar-refractivity contribution in [1.82, 2.24) is 9.88 Å². The maximum Gasteiger partial charge on any atom is 0.256 e. The number of hydrogen-bond acceptors (Lipinski definition) is 2. The Hall–Kier alpha value is -1.97. The fourth-order valence-corrected chi connectivity index (χ4v) is 3.45. The summed E-state index contributed by atoms with van der Waals surface area (Å²) in [7, 11) is 0. The minimum atomic E-state index is 0.109. The van der Waals surface area contributed by atoms with Crippen molar-refractivity contribution in [2.24, 2.45) is 11.8 Å². The van der Waals surface area contributed by atoms with Gasteiger partial charge in [-0.05, 0) is 43.4 Å². The van der Waals surface area contributed by atoms with Crippen LogP contribution in [-0.4, -0.2) is 28.4 Å². The van der Waals surface area contributed by atoms with Gasteiger partial charge in [0.1, 0.15) is 0 Å². The molecule has 112 valence electrons. The molecule has 0 aliphatic carbocycles. The van der Waals surface area contributed by atoms with Crippen LogP contribution in [0.4, 0.5) is 5.69 Å². The van der Waals surface area contributed by atoms with E-state index in [1.54, 1.807) is 0 Å². The molecule has 1 amide bonds. The highest BCUT2D eigenvalue weighted by Gasteiger charge is 2.33. The summed E-state index contributed by atoms with van der Waals surface area (Å²) in [5, 5.41) is 0.915. The maximum absolute atomic E-state index is 13.0. The second-order valence-electron chi connectivity index (χ2n) is 6.52. The summed E-state index contributed by atoms with van der Waals surface area (Å²) in [6.45, 7) is 7.43. The van der Waals surface area contributed by atoms with Crippen LogP contribution in [0.15, 0.2) is 24.4 Å². The van der Waals surface area contributed by atoms with Crippen LogP contribution in [-0.2, 0) is 0 Å². The minimum absolute atomic E-state index is 0.109. The SMILES string of the molecule is CC1CC(C)C(C)N(C(=O)c2c[nH]c3ccc(N)cc23)C1. The number of H-pyrrole nitrogens is 1. The number of rotatable bonds is 1. The average Bonchev–Trinajstić information content (AvgIpc) is 2.85. The Labute approximate surface area is 125 Å². The van der Waals surface area contributed by atoms with E-state index in [0.29, 0.717) is 17.5 Å². The minimum Gasteiger partial charge on any atom is -0.399 e. The summed E-state index contributed by atoms with van der Waals surface area (Å²) < 4.78 is 0. The molecule has 3 atom stereocenters. The van der Waals surface area contributed by atoms with E-state index in [4.69, 9.17) is 5.73 Å². The molecule has 21 heavy (non-hydrogen) atoms. The lowest BCUT2D eigenvalue weighted by molar-refractivity contribution is 0.0457. The van der Waals surface area contributed by atoms with Crippen molar-refractivity contribution in [2.45, 2.75) is 33.2 Å². The number of carbonyl (C=O) groups excluding carboxylic acids is 1. The number of carbonyl (C=O) groups is 1. The van der Waals surface area contributed by atoms with Gasteiger partial charge in [0.2, 0.25) is 0 Å². The molecule has 3 N–H and O–H groups in total. The Bertz CT molecular complexity index is 676. The summed E-state index contributed by atoms with van der Waals surface area (Å²) in [5.41, 5.74) is 8.23. The van der Waals surface area contributed by atoms with E-state index >= 15 is 0 Å². The molecule has 1 aliphatic heterocycles. The molecule has 3 rings (SSSR count). The number of nitrogen functional groups attached to an aromatic ring is 1. The quantitative estimate of drug-likeness (QED) is 0.790. The third-order valence-electron chi connectivity index (χ3n) is 4.79. The van der Waals surface area contributed by atoms with Crippen molar-refractivity contribution in [3.8, 4) is 0 Å². The highest BCUT2D eigenvalue weighted by Crippen LogP contribution is 2.30. The van der Waals surface area contributed by atoms with Crippen molar-refractivity contribution < 1.29 is 4.79 Å². The summed E-state index contributed by atoms with van der Waals surface area (Å²) in [4.78, 5) is 18.1. The molecule has 2 aromatic rings. The molecule has 0 radical (unpaired) electrons. The predicted octanol–water partition coefficient (Wildman–Crippen LogP) is 3.26. The molecule has 0 spiro atoms. The van der Waals surface area contributed by atoms with Gasteiger partial charge in [0.05, 0.1) is 5.56 Å². The number of amides is 1. The summed E-state index contributed by atoms with van der Waals surface area (Å²) in [5.74, 6) is 1.20. The van der Waals surface area contributed by atoms with E-state index in [9.17, 15) is 4.79 Å². The van der Waals surface area contributed by atoms with E-state index in [2.05, 4.69) is 25.8 Å². The highest BCUT2D eigenvalue weighted by atomic mass is 16.2. The number of aromatic amines is 1. The van der Waals surface area contributed by atoms with E-state index in [0.717, 1.165) is 23.0 Å². The zero-order valence-electron chi connectivity index (χ0n) is 12.9. The number of nitrogens with one attached hydrogen (secondary N) is 1. The number of anilines is 1. The Morgan fingerprint density at radius 3 is 2.86 bits per heavy atom. The second-order valence-corrected chi connectivity index (χ2v) is 6.52. The number of nitrogens with zero attached hydrogens (tertiary/aromatic N) is 1. The van der Waals surface area contributed by atoms with Crippen LogP contribution in [0.25, 0.3) is 10.9 Å². The second kappa shape index (κ2) is 5.10. The van der Waals surface area contributed by atoms with Crippen molar-refractivity contribution in [3.05, 3.63) is 30.0 Å². The lowest BCUT2D eigenvalue weighted by Gasteiger charge is -2.41. The number of benzene rings is 1. The normalized spacial score (nSPS) is 26.2. The van der Waals surface area contributed by atoms with E-state index in [-0.39, 0.29) is 11.9 Å². The van der Waals surface area contributed by atoms with Gasteiger partial charge < -0.3 is 15.6 Å². The molecule has 1 aromatic heterocycles. The van der Waals surface area contributed by atoms with Gasteiger partial charge in [-0.1, -0.05) is 13.8 Å². The third kappa shape index (κ3) is 2.39. The number of fused-ring (bicyclic) bond motifs is 1. The maximum atomic E-state index is 13.0. The molecule has 1 aromatic carbocycles. The first-order chi connectivity index (χ1) is 9.97. The first-order valence-electron chi connectivity index (χ1n) is 7.65. The fraction of sp³-hybridized carbons (Fsp3) is 0.471. The van der Waals surface area contributed by atoms with Crippen LogP contribution in [0.3, 0.4) is 0 Å². The van der Waals surface area contributed by atoms with Gasteiger partial charge in [0.25, 0.3) is 5.91 Å². The lowest BCUT2D eigenvalue weighted by atomic mass is 9.85. The lowest BCUT2D eigenvalue weighted by Crippen LogP contribution is -2.48. The third-order valence-corrected chi connectivity index (χ3v) is 4.79. The van der Waals surface area contributed by atoms with Crippen LogP contribution in [0.2, 0.25) is 0 Å². The van der Waals surface area contributed by atoms with Crippen molar-refractivity contribution >= 4 is 22.5 Å². The summed E-state index contributed by atoms with van der Waals surface area (Å²) >= 11 is 0. The number of aromatic nitrogens is 1. The van der Waals surface area contributed by atoms with E-state index in [1.165, 1.54) is 6.42 Å². The number of likely N-dealkylation sites (tertiary alicyclic amines) is 1. The molecular weight excluding hydrogens is 262 g/mol. The zero-order chi connectivity index (χ0) is 15.1. The molecule has 1 saturated heterocycles. The van der Waals surface area contributed by atoms with E-state index in [1.807, 2.05) is 29.3 Å². The number of hydrogen-bond donors (Lipinski definition) is 2. The van der Waals surface area contributed by atoms with Gasteiger partial charge in [-0.3, -0.25) is 4.79 Å². The molecule has 4 nitrogen and oxygen atoms in total. The van der Waals surface area contributed by atoms with Gasteiger partial charge in [-0.2, -0.15) is 0 Å². The van der Waals surface area contributed by atoms with Gasteiger partial charge >= 0.3 is 0 Å². The first kappa shape index (κ1) is 14.0. The van der Waals surface area contributed by atoms with Crippen molar-refractivity contribution in [3.63, 3.8) is 0 Å². The van der Waals surface area contributed by atoms with Crippen molar-refractivity contribution in [2.75, 3.05) is 12.3 Å². The molecule has 1 fully saturated rings. The Morgan fingerprint density at radius 1 is 1.33 bits per heavy atom. The monoisotopic (exact) mass is 285 g/mol. The van der Waals surface area contributed by atoms with E-state index < -0.39 is 0 Å². The number of nitrogens with two attached hydrogens (primary N) is 1. The fourth-order valence-electron chi connectivity index (χ4n) is 3.45. The molecule has 4 heteroatoms. The number of piperidine rings is 1. The van der Waals surface area contributed by atoms with Crippen LogP contribution >= 0.6 is 0 Å². The highest BCUT2D eigenvalue weighted by molar-refractivity contribution is 6.07. The smallest absolute Gasteiger partial charge is 0.256 e. The van der Waals surface area contributed by atoms with Crippen LogP contribution in [0, 0.1) is 11.8 Å². The Kier molecular flexibility index (Phi) is 3.40. The molecule has 0 bridgehead atoms. The zero-order valence-corrected chi connectivity index (χ0v) is 12.9. The molecule has 2 heterocycles. The summed E-state index contributed by atoms with van der Waals surface area (Å²) in [6, 6.07) is 5.92. The molecule has 0 saturated carbocycles. The van der Waals surface area contributed by atoms with Gasteiger partial charge in [-0.15, -0.1) is 0 Å². The molecular formula is C17H23N3O. The first-order valence-corrected chi connectivity index (χ1v) is 7.65. The van der Waals surface area contributed by atoms with Crippen LogP contribution in [0.5, 0.6) is 0 Å². The average molecular weight is 285 g/mol. The predicted molar refractivity (Wildman–Crippen MR) is 86.2 cm³/mol. The largest absolute Gasteiger partial charge is 0.399 e. The Morgan fingerprint density at radius 2 is 2.10 bits per heavy atom. The summed E-state index contributed by atoms with van der Waals surface area (Å²) in [6.07, 6.45) is 2.99. The van der Waals surface area contributed by atoms with Gasteiger partial charge in [0, 0.05) is 35.4 Å². The molecule has 3 unspecified atom stereocenters. The Balaban J connectivity index is 1.98.